The molecule has 6 nitrogen and oxygen atoms in total. The molecule has 0 aliphatic carbocycles. The van der Waals surface area contributed by atoms with E-state index in [0.717, 1.165) is 11.3 Å². The van der Waals surface area contributed by atoms with Crippen molar-refractivity contribution in [3.8, 4) is 0 Å². The van der Waals surface area contributed by atoms with E-state index >= 15 is 0 Å². The van der Waals surface area contributed by atoms with E-state index in [1.807, 2.05) is 6.92 Å². The zero-order valence-electron chi connectivity index (χ0n) is 11.8. The lowest BCUT2D eigenvalue weighted by molar-refractivity contribution is 0.0528. The number of amides is 1. The van der Waals surface area contributed by atoms with Crippen molar-refractivity contribution in [2.75, 3.05) is 11.9 Å². The Morgan fingerprint density at radius 1 is 1.29 bits per heavy atom. The van der Waals surface area contributed by atoms with E-state index < -0.39 is 5.97 Å². The zero-order chi connectivity index (χ0) is 15.2. The van der Waals surface area contributed by atoms with Crippen LogP contribution < -0.4 is 5.32 Å². The van der Waals surface area contributed by atoms with Gasteiger partial charge in [0.2, 0.25) is 0 Å². The van der Waals surface area contributed by atoms with Crippen LogP contribution in [0.5, 0.6) is 0 Å². The number of nitrogens with one attached hydrogen (secondary N) is 1. The van der Waals surface area contributed by atoms with Crippen LogP contribution in [0.4, 0.5) is 5.00 Å². The summed E-state index contributed by atoms with van der Waals surface area (Å²) in [5.41, 5.74) is 0.711. The molecule has 110 valence electrons. The van der Waals surface area contributed by atoms with Crippen molar-refractivity contribution < 1.29 is 14.3 Å². The molecule has 0 aromatic carbocycles. The van der Waals surface area contributed by atoms with Crippen molar-refractivity contribution in [2.45, 2.75) is 20.3 Å². The first kappa shape index (κ1) is 15.1. The van der Waals surface area contributed by atoms with E-state index in [4.69, 9.17) is 4.74 Å². The Morgan fingerprint density at radius 3 is 2.62 bits per heavy atom. The van der Waals surface area contributed by atoms with Gasteiger partial charge in [0.25, 0.3) is 5.91 Å². The number of carbonyl (C=O) groups is 2. The Kier molecular flexibility index (Phi) is 4.99. The minimum Gasteiger partial charge on any atom is -0.462 e. The van der Waals surface area contributed by atoms with E-state index in [1.54, 1.807) is 13.0 Å². The average Bonchev–Trinajstić information content (AvgIpc) is 2.91. The van der Waals surface area contributed by atoms with Crippen LogP contribution >= 0.6 is 11.3 Å². The quantitative estimate of drug-likeness (QED) is 0.858. The summed E-state index contributed by atoms with van der Waals surface area (Å²) in [6, 6.07) is 1.75. The first-order chi connectivity index (χ1) is 10.2. The predicted octanol–water partition coefficient (Wildman–Crippen LogP) is 2.53. The molecule has 0 aliphatic heterocycles. The van der Waals surface area contributed by atoms with Crippen LogP contribution in [-0.2, 0) is 11.2 Å². The Balaban J connectivity index is 2.24. The van der Waals surface area contributed by atoms with Gasteiger partial charge in [-0.2, -0.15) is 0 Å². The third kappa shape index (κ3) is 3.63. The van der Waals surface area contributed by atoms with E-state index in [9.17, 15) is 9.59 Å². The van der Waals surface area contributed by atoms with Crippen LogP contribution in [0.15, 0.2) is 24.8 Å². The van der Waals surface area contributed by atoms with Gasteiger partial charge in [-0.3, -0.25) is 4.79 Å². The second-order valence-corrected chi connectivity index (χ2v) is 5.25. The normalized spacial score (nSPS) is 10.2. The van der Waals surface area contributed by atoms with E-state index in [1.165, 1.54) is 30.1 Å². The van der Waals surface area contributed by atoms with Gasteiger partial charge in [0, 0.05) is 17.3 Å². The molecule has 7 heteroatoms. The molecule has 0 spiro atoms. The molecule has 0 atom stereocenters. The molecule has 0 radical (unpaired) electrons. The number of ether oxygens (including phenoxy) is 1. The fourth-order valence-corrected chi connectivity index (χ4v) is 2.64. The number of nitrogens with zero attached hydrogens (tertiary/aromatic N) is 2. The molecular weight excluding hydrogens is 290 g/mol. The van der Waals surface area contributed by atoms with Gasteiger partial charge in [-0.1, -0.05) is 6.92 Å². The van der Waals surface area contributed by atoms with Gasteiger partial charge >= 0.3 is 5.97 Å². The molecule has 0 saturated carbocycles. The highest BCUT2D eigenvalue weighted by molar-refractivity contribution is 7.16. The number of carbonyl (C=O) groups excluding carboxylic acids is 2. The molecule has 2 aromatic rings. The molecule has 0 saturated heterocycles. The Hall–Kier alpha value is -2.28. The second-order valence-electron chi connectivity index (χ2n) is 4.11. The molecule has 0 bridgehead atoms. The lowest BCUT2D eigenvalue weighted by atomic mass is 10.2. The number of hydrogen-bond donors (Lipinski definition) is 1. The highest BCUT2D eigenvalue weighted by Gasteiger charge is 2.19. The number of esters is 1. The molecule has 0 unspecified atom stereocenters. The van der Waals surface area contributed by atoms with Gasteiger partial charge in [0.1, 0.15) is 11.3 Å². The first-order valence-corrected chi connectivity index (χ1v) is 7.33. The summed E-state index contributed by atoms with van der Waals surface area (Å²) in [4.78, 5) is 32.6. The van der Waals surface area contributed by atoms with Crippen LogP contribution in [0.1, 0.15) is 39.4 Å². The number of rotatable bonds is 5. The van der Waals surface area contributed by atoms with Crippen molar-refractivity contribution in [3.63, 3.8) is 0 Å². The maximum Gasteiger partial charge on any atom is 0.341 e. The summed E-state index contributed by atoms with van der Waals surface area (Å²) in [6.07, 6.45) is 4.96. The second kappa shape index (κ2) is 6.94. The first-order valence-electron chi connectivity index (χ1n) is 6.51. The van der Waals surface area contributed by atoms with Gasteiger partial charge in [0.05, 0.1) is 17.7 Å². The Labute approximate surface area is 126 Å². The highest BCUT2D eigenvalue weighted by atomic mass is 32.1. The van der Waals surface area contributed by atoms with Crippen LogP contribution in [0.3, 0.4) is 0 Å². The molecule has 2 aromatic heterocycles. The van der Waals surface area contributed by atoms with E-state index in [0.29, 0.717) is 16.1 Å². The lowest BCUT2D eigenvalue weighted by Crippen LogP contribution is -2.14. The molecule has 2 rings (SSSR count). The Morgan fingerprint density at radius 2 is 2.00 bits per heavy atom. The van der Waals surface area contributed by atoms with Crippen molar-refractivity contribution in [3.05, 3.63) is 40.8 Å². The summed E-state index contributed by atoms with van der Waals surface area (Å²) in [6.45, 7) is 4.01. The van der Waals surface area contributed by atoms with Crippen LogP contribution in [0.2, 0.25) is 0 Å². The third-order valence-electron chi connectivity index (χ3n) is 2.68. The van der Waals surface area contributed by atoms with Crippen molar-refractivity contribution in [1.82, 2.24) is 9.97 Å². The van der Waals surface area contributed by atoms with Gasteiger partial charge in [-0.25, -0.2) is 14.8 Å². The topological polar surface area (TPSA) is 81.2 Å². The van der Waals surface area contributed by atoms with Gasteiger partial charge in [0.15, 0.2) is 0 Å². The monoisotopic (exact) mass is 305 g/mol. The number of anilines is 1. The average molecular weight is 305 g/mol. The fraction of sp³-hybridized carbons (Fsp3) is 0.286. The number of aryl methyl sites for hydroxylation is 1. The summed E-state index contributed by atoms with van der Waals surface area (Å²) < 4.78 is 5.01. The molecular formula is C14H15N3O3S. The van der Waals surface area contributed by atoms with Crippen LogP contribution in [-0.4, -0.2) is 28.5 Å². The lowest BCUT2D eigenvalue weighted by Gasteiger charge is -2.05. The fourth-order valence-electron chi connectivity index (χ4n) is 1.66. The maximum atomic E-state index is 12.1. The SMILES string of the molecule is CCOC(=O)c1cc(CC)sc1NC(=O)c1cncnc1. The van der Waals surface area contributed by atoms with Crippen molar-refractivity contribution >= 4 is 28.2 Å². The predicted molar refractivity (Wildman–Crippen MR) is 79.6 cm³/mol. The maximum absolute atomic E-state index is 12.1. The summed E-state index contributed by atoms with van der Waals surface area (Å²) in [5, 5.41) is 3.20. The molecule has 0 aliphatic rings. The molecule has 1 amide bonds. The van der Waals surface area contributed by atoms with E-state index in [2.05, 4.69) is 15.3 Å². The van der Waals surface area contributed by atoms with Crippen LogP contribution in [0, 0.1) is 0 Å². The molecule has 1 N–H and O–H groups in total. The van der Waals surface area contributed by atoms with E-state index in [-0.39, 0.29) is 12.5 Å². The zero-order valence-corrected chi connectivity index (χ0v) is 12.6. The van der Waals surface area contributed by atoms with Crippen LogP contribution in [0.25, 0.3) is 0 Å². The number of thiophene rings is 1. The largest absolute Gasteiger partial charge is 0.462 e. The third-order valence-corrected chi connectivity index (χ3v) is 3.87. The highest BCUT2D eigenvalue weighted by Crippen LogP contribution is 2.29. The molecule has 2 heterocycles. The standard InChI is InChI=1S/C14H15N3O3S/c1-3-10-5-11(14(19)20-4-2)13(21-10)17-12(18)9-6-15-8-16-7-9/h5-8H,3-4H2,1-2H3,(H,17,18). The minimum absolute atomic E-state index is 0.288. The summed E-state index contributed by atoms with van der Waals surface area (Å²) >= 11 is 1.36. The van der Waals surface area contributed by atoms with Gasteiger partial charge in [-0.15, -0.1) is 11.3 Å². The summed E-state index contributed by atoms with van der Waals surface area (Å²) in [7, 11) is 0. The smallest absolute Gasteiger partial charge is 0.341 e. The van der Waals surface area contributed by atoms with Gasteiger partial charge < -0.3 is 10.1 Å². The van der Waals surface area contributed by atoms with Crippen molar-refractivity contribution in [2.24, 2.45) is 0 Å². The molecule has 0 fully saturated rings. The number of hydrogen-bond acceptors (Lipinski definition) is 6. The van der Waals surface area contributed by atoms with Crippen molar-refractivity contribution in [1.29, 1.82) is 0 Å². The summed E-state index contributed by atoms with van der Waals surface area (Å²) in [5.74, 6) is -0.793. The Bertz CT molecular complexity index is 640. The minimum atomic E-state index is -0.437. The number of aromatic nitrogens is 2. The van der Waals surface area contributed by atoms with Gasteiger partial charge in [-0.05, 0) is 19.4 Å². The molecule has 21 heavy (non-hydrogen) atoms.